The third-order valence-electron chi connectivity index (χ3n) is 3.87. The molecule has 0 N–H and O–H groups in total. The summed E-state index contributed by atoms with van der Waals surface area (Å²) in [5, 5.41) is 2.98. The van der Waals surface area contributed by atoms with Gasteiger partial charge < -0.3 is 14.2 Å². The zero-order chi connectivity index (χ0) is 17.8. The summed E-state index contributed by atoms with van der Waals surface area (Å²) in [7, 11) is 4.79. The van der Waals surface area contributed by atoms with Crippen molar-refractivity contribution in [1.82, 2.24) is 4.98 Å². The summed E-state index contributed by atoms with van der Waals surface area (Å²) in [6.07, 6.45) is 1.75. The lowest BCUT2D eigenvalue weighted by Gasteiger charge is -2.17. The van der Waals surface area contributed by atoms with Gasteiger partial charge in [-0.3, -0.25) is 0 Å². The fourth-order valence-corrected chi connectivity index (χ4v) is 3.53. The third-order valence-corrected chi connectivity index (χ3v) is 4.76. The monoisotopic (exact) mass is 353 g/mol. The van der Waals surface area contributed by atoms with Crippen molar-refractivity contribution in [3.63, 3.8) is 0 Å². The van der Waals surface area contributed by atoms with Crippen LogP contribution in [0.3, 0.4) is 0 Å². The lowest BCUT2D eigenvalue weighted by molar-refractivity contribution is 0.324. The second-order valence-corrected chi connectivity index (χ2v) is 6.07. The first-order valence-corrected chi connectivity index (χ1v) is 8.58. The van der Waals surface area contributed by atoms with Crippen LogP contribution >= 0.6 is 11.3 Å². The van der Waals surface area contributed by atoms with Gasteiger partial charge in [0.2, 0.25) is 5.75 Å². The van der Waals surface area contributed by atoms with Gasteiger partial charge in [0.05, 0.1) is 27.0 Å². The summed E-state index contributed by atoms with van der Waals surface area (Å²) in [5.74, 6) is 1.72. The van der Waals surface area contributed by atoms with E-state index >= 15 is 0 Å². The highest BCUT2D eigenvalue weighted by molar-refractivity contribution is 7.13. The van der Waals surface area contributed by atoms with Crippen LogP contribution in [-0.4, -0.2) is 26.3 Å². The van der Waals surface area contributed by atoms with E-state index in [-0.39, 0.29) is 0 Å². The van der Waals surface area contributed by atoms with Crippen LogP contribution in [0, 0.1) is 0 Å². The molecule has 5 heteroatoms. The Morgan fingerprint density at radius 2 is 1.72 bits per heavy atom. The normalized spacial score (nSPS) is 10.4. The van der Waals surface area contributed by atoms with Crippen LogP contribution in [0.1, 0.15) is 5.56 Å². The number of thiazole rings is 1. The third kappa shape index (κ3) is 3.10. The molecule has 0 saturated carbocycles. The molecule has 0 amide bonds. The van der Waals surface area contributed by atoms with E-state index in [0.717, 1.165) is 27.4 Å². The number of methoxy groups -OCH3 is 3. The molecule has 3 rings (SSSR count). The summed E-state index contributed by atoms with van der Waals surface area (Å²) in [6.45, 7) is 3.92. The van der Waals surface area contributed by atoms with Gasteiger partial charge in [0.15, 0.2) is 11.5 Å². The number of rotatable bonds is 6. The first kappa shape index (κ1) is 17.0. The van der Waals surface area contributed by atoms with Crippen molar-refractivity contribution in [2.75, 3.05) is 21.3 Å². The predicted octanol–water partition coefficient (Wildman–Crippen LogP) is 5.15. The maximum absolute atomic E-state index is 5.55. The standard InChI is InChI=1S/C20H19NO3S/c1-5-14-15(11-17(22-2)19(24-4)18(14)23-3)16-12-25-20(21-16)13-9-7-6-8-10-13/h5-12H,1H2,2-4H3. The summed E-state index contributed by atoms with van der Waals surface area (Å²) in [4.78, 5) is 4.78. The van der Waals surface area contributed by atoms with Crippen molar-refractivity contribution in [2.45, 2.75) is 0 Å². The Labute approximate surface area is 151 Å². The van der Waals surface area contributed by atoms with Gasteiger partial charge >= 0.3 is 0 Å². The molecule has 25 heavy (non-hydrogen) atoms. The van der Waals surface area contributed by atoms with Crippen LogP contribution in [0.5, 0.6) is 17.2 Å². The molecular formula is C20H19NO3S. The molecule has 1 aromatic heterocycles. The van der Waals surface area contributed by atoms with E-state index in [4.69, 9.17) is 19.2 Å². The molecule has 0 fully saturated rings. The molecule has 4 nitrogen and oxygen atoms in total. The molecular weight excluding hydrogens is 334 g/mol. The smallest absolute Gasteiger partial charge is 0.203 e. The van der Waals surface area contributed by atoms with E-state index in [1.54, 1.807) is 38.7 Å². The highest BCUT2D eigenvalue weighted by Gasteiger charge is 2.21. The molecule has 0 spiro atoms. The molecule has 3 aromatic rings. The number of hydrogen-bond donors (Lipinski definition) is 0. The van der Waals surface area contributed by atoms with Crippen LogP contribution < -0.4 is 14.2 Å². The molecule has 0 saturated heterocycles. The van der Waals surface area contributed by atoms with Crippen LogP contribution in [0.25, 0.3) is 27.9 Å². The number of nitrogens with zero attached hydrogens (tertiary/aromatic N) is 1. The summed E-state index contributed by atoms with van der Waals surface area (Å²) in [5.41, 5.74) is 3.65. The van der Waals surface area contributed by atoms with Crippen LogP contribution in [0.15, 0.2) is 48.4 Å². The Balaban J connectivity index is 2.17. The molecule has 0 radical (unpaired) electrons. The first-order chi connectivity index (χ1) is 12.2. The predicted molar refractivity (Wildman–Crippen MR) is 103 cm³/mol. The highest BCUT2D eigenvalue weighted by atomic mass is 32.1. The Morgan fingerprint density at radius 3 is 2.32 bits per heavy atom. The summed E-state index contributed by atoms with van der Waals surface area (Å²) >= 11 is 1.60. The second kappa shape index (κ2) is 7.40. The molecule has 0 aliphatic rings. The highest BCUT2D eigenvalue weighted by Crippen LogP contribution is 2.46. The number of hydrogen-bond acceptors (Lipinski definition) is 5. The molecule has 1 heterocycles. The zero-order valence-corrected chi connectivity index (χ0v) is 15.2. The van der Waals surface area contributed by atoms with Gasteiger partial charge in [-0.15, -0.1) is 11.3 Å². The molecule has 2 aromatic carbocycles. The van der Waals surface area contributed by atoms with Crippen LogP contribution in [0.2, 0.25) is 0 Å². The van der Waals surface area contributed by atoms with Gasteiger partial charge in [0, 0.05) is 22.1 Å². The topological polar surface area (TPSA) is 40.6 Å². The van der Waals surface area contributed by atoms with E-state index in [9.17, 15) is 0 Å². The fourth-order valence-electron chi connectivity index (χ4n) is 2.70. The minimum absolute atomic E-state index is 0.544. The van der Waals surface area contributed by atoms with Gasteiger partial charge in [-0.05, 0) is 6.07 Å². The van der Waals surface area contributed by atoms with Gasteiger partial charge in [0.1, 0.15) is 5.01 Å². The second-order valence-electron chi connectivity index (χ2n) is 5.21. The summed E-state index contributed by atoms with van der Waals surface area (Å²) in [6, 6.07) is 12.0. The molecule has 0 aliphatic heterocycles. The Morgan fingerprint density at radius 1 is 1.00 bits per heavy atom. The average molecular weight is 353 g/mol. The fraction of sp³-hybridized carbons (Fsp3) is 0.150. The Kier molecular flexibility index (Phi) is 5.05. The molecule has 0 aliphatic carbocycles. The van der Waals surface area contributed by atoms with Crippen molar-refractivity contribution in [2.24, 2.45) is 0 Å². The summed E-state index contributed by atoms with van der Waals surface area (Å²) < 4.78 is 16.5. The lowest BCUT2D eigenvalue weighted by Crippen LogP contribution is -1.99. The quantitative estimate of drug-likeness (QED) is 0.615. The van der Waals surface area contributed by atoms with E-state index in [1.165, 1.54) is 0 Å². The van der Waals surface area contributed by atoms with Crippen molar-refractivity contribution in [3.05, 3.63) is 53.9 Å². The van der Waals surface area contributed by atoms with Gasteiger partial charge in [-0.25, -0.2) is 4.98 Å². The molecule has 0 unspecified atom stereocenters. The SMILES string of the molecule is C=Cc1c(-c2csc(-c3ccccc3)n2)cc(OC)c(OC)c1OC. The molecule has 0 bridgehead atoms. The van der Waals surface area contributed by atoms with Crippen molar-refractivity contribution in [1.29, 1.82) is 0 Å². The first-order valence-electron chi connectivity index (χ1n) is 7.70. The number of aromatic nitrogens is 1. The Hall–Kier alpha value is -2.79. The van der Waals surface area contributed by atoms with Gasteiger partial charge in [0.25, 0.3) is 0 Å². The average Bonchev–Trinajstić information content (AvgIpc) is 3.16. The van der Waals surface area contributed by atoms with Gasteiger partial charge in [-0.2, -0.15) is 0 Å². The minimum atomic E-state index is 0.544. The Bertz CT molecular complexity index is 887. The van der Waals surface area contributed by atoms with Crippen LogP contribution in [-0.2, 0) is 0 Å². The van der Waals surface area contributed by atoms with Crippen molar-refractivity contribution >= 4 is 17.4 Å². The minimum Gasteiger partial charge on any atom is -0.493 e. The largest absolute Gasteiger partial charge is 0.493 e. The zero-order valence-electron chi connectivity index (χ0n) is 14.4. The lowest BCUT2D eigenvalue weighted by atomic mass is 10.0. The number of benzene rings is 2. The number of ether oxygens (including phenoxy) is 3. The van der Waals surface area contributed by atoms with E-state index in [1.807, 2.05) is 41.8 Å². The molecule has 128 valence electrons. The maximum atomic E-state index is 5.55. The van der Waals surface area contributed by atoms with E-state index in [2.05, 4.69) is 6.58 Å². The maximum Gasteiger partial charge on any atom is 0.203 e. The molecule has 0 atom stereocenters. The van der Waals surface area contributed by atoms with E-state index in [0.29, 0.717) is 17.2 Å². The van der Waals surface area contributed by atoms with Crippen LogP contribution in [0.4, 0.5) is 0 Å². The van der Waals surface area contributed by atoms with Crippen molar-refractivity contribution < 1.29 is 14.2 Å². The van der Waals surface area contributed by atoms with Crippen molar-refractivity contribution in [3.8, 4) is 39.1 Å². The van der Waals surface area contributed by atoms with Gasteiger partial charge in [-0.1, -0.05) is 43.0 Å². The van der Waals surface area contributed by atoms with E-state index < -0.39 is 0 Å².